The van der Waals surface area contributed by atoms with Gasteiger partial charge in [0.25, 0.3) is 5.91 Å². The molecule has 0 bridgehead atoms. The monoisotopic (exact) mass is 278 g/mol. The Morgan fingerprint density at radius 1 is 1.37 bits per heavy atom. The summed E-state index contributed by atoms with van der Waals surface area (Å²) >= 11 is 0. The number of rotatable bonds is 5. The topological polar surface area (TPSA) is 104 Å². The van der Waals surface area contributed by atoms with Gasteiger partial charge in [0.05, 0.1) is 12.3 Å². The lowest BCUT2D eigenvalue weighted by Gasteiger charge is -2.09. The van der Waals surface area contributed by atoms with Gasteiger partial charge in [0.2, 0.25) is 0 Å². The first kappa shape index (κ1) is 15.2. The van der Waals surface area contributed by atoms with Crippen molar-refractivity contribution >= 4 is 11.7 Å². The summed E-state index contributed by atoms with van der Waals surface area (Å²) in [6.07, 6.45) is -4.31. The van der Waals surface area contributed by atoms with E-state index in [1.165, 1.54) is 6.92 Å². The molecule has 0 saturated heterocycles. The Balaban J connectivity index is 2.64. The van der Waals surface area contributed by atoms with E-state index in [1.54, 1.807) is 0 Å². The van der Waals surface area contributed by atoms with Crippen LogP contribution in [0.4, 0.5) is 19.0 Å². The molecule has 0 aliphatic heterocycles. The fraction of sp³-hybridized carbons (Fsp3) is 0.500. The van der Waals surface area contributed by atoms with E-state index in [-0.39, 0.29) is 35.9 Å². The smallest absolute Gasteiger partial charge is 0.383 e. The summed E-state index contributed by atoms with van der Waals surface area (Å²) in [5.74, 6) is -0.650. The molecule has 0 unspecified atom stereocenters. The van der Waals surface area contributed by atoms with E-state index in [1.807, 2.05) is 0 Å². The molecule has 0 fully saturated rings. The van der Waals surface area contributed by atoms with Crippen LogP contribution in [0.15, 0.2) is 0 Å². The third-order valence-corrected chi connectivity index (χ3v) is 2.15. The third-order valence-electron chi connectivity index (χ3n) is 2.15. The van der Waals surface area contributed by atoms with Crippen molar-refractivity contribution < 1.29 is 22.7 Å². The van der Waals surface area contributed by atoms with Gasteiger partial charge >= 0.3 is 6.18 Å². The Hall–Kier alpha value is -1.90. The van der Waals surface area contributed by atoms with Gasteiger partial charge in [-0.25, -0.2) is 9.97 Å². The lowest BCUT2D eigenvalue weighted by molar-refractivity contribution is -0.173. The average molecular weight is 278 g/mol. The number of carbonyl (C=O) groups is 1. The number of hydrogen-bond donors (Lipinski definition) is 2. The highest BCUT2D eigenvalue weighted by atomic mass is 19.4. The Bertz CT molecular complexity index is 453. The van der Waals surface area contributed by atoms with Crippen LogP contribution >= 0.6 is 0 Å². The summed E-state index contributed by atoms with van der Waals surface area (Å²) in [7, 11) is 0. The standard InChI is InChI=1S/C10H13F3N4O2/c1-5-7(9(15)18)8(14)17-6(16-5)2-3-19-4-10(11,12)13/h2-4H2,1H3,(H2,15,18)(H2,14,16,17). The zero-order chi connectivity index (χ0) is 14.6. The van der Waals surface area contributed by atoms with Crippen molar-refractivity contribution in [2.45, 2.75) is 19.5 Å². The Morgan fingerprint density at radius 3 is 2.47 bits per heavy atom. The average Bonchev–Trinajstić information content (AvgIpc) is 2.21. The van der Waals surface area contributed by atoms with Crippen LogP contribution in [0.1, 0.15) is 21.9 Å². The van der Waals surface area contributed by atoms with Crippen molar-refractivity contribution in [1.29, 1.82) is 0 Å². The zero-order valence-electron chi connectivity index (χ0n) is 10.1. The van der Waals surface area contributed by atoms with E-state index < -0.39 is 18.7 Å². The van der Waals surface area contributed by atoms with Crippen molar-refractivity contribution in [2.24, 2.45) is 5.73 Å². The minimum Gasteiger partial charge on any atom is -0.383 e. The van der Waals surface area contributed by atoms with Crippen LogP contribution in [0.3, 0.4) is 0 Å². The number of amides is 1. The van der Waals surface area contributed by atoms with Gasteiger partial charge in [-0.15, -0.1) is 0 Å². The Kier molecular flexibility index (Phi) is 4.65. The number of aryl methyl sites for hydroxylation is 1. The highest BCUT2D eigenvalue weighted by molar-refractivity contribution is 5.98. The lowest BCUT2D eigenvalue weighted by Crippen LogP contribution is -2.20. The summed E-state index contributed by atoms with van der Waals surface area (Å²) in [5.41, 5.74) is 10.9. The van der Waals surface area contributed by atoms with E-state index in [2.05, 4.69) is 14.7 Å². The molecule has 9 heteroatoms. The quantitative estimate of drug-likeness (QED) is 0.767. The summed E-state index contributed by atoms with van der Waals surface area (Å²) in [5, 5.41) is 0. The van der Waals surface area contributed by atoms with Crippen LogP contribution in [0.2, 0.25) is 0 Å². The first-order chi connectivity index (χ1) is 8.70. The van der Waals surface area contributed by atoms with Crippen LogP contribution < -0.4 is 11.5 Å². The van der Waals surface area contributed by atoms with Gasteiger partial charge in [0.15, 0.2) is 0 Å². The number of alkyl halides is 3. The van der Waals surface area contributed by atoms with Crippen LogP contribution in [-0.2, 0) is 11.2 Å². The molecule has 0 aliphatic rings. The van der Waals surface area contributed by atoms with Gasteiger partial charge in [-0.05, 0) is 6.92 Å². The molecule has 6 nitrogen and oxygen atoms in total. The van der Waals surface area contributed by atoms with Gasteiger partial charge in [0, 0.05) is 6.42 Å². The van der Waals surface area contributed by atoms with Gasteiger partial charge < -0.3 is 16.2 Å². The van der Waals surface area contributed by atoms with Crippen LogP contribution in [0, 0.1) is 6.92 Å². The molecule has 1 aromatic heterocycles. The minimum atomic E-state index is -4.37. The van der Waals surface area contributed by atoms with E-state index in [0.29, 0.717) is 0 Å². The molecule has 0 radical (unpaired) electrons. The maximum absolute atomic E-state index is 11.8. The summed E-state index contributed by atoms with van der Waals surface area (Å²) < 4.78 is 39.9. The first-order valence-electron chi connectivity index (χ1n) is 5.28. The van der Waals surface area contributed by atoms with Crippen molar-refractivity contribution in [1.82, 2.24) is 9.97 Å². The molecule has 1 aromatic rings. The molecule has 0 aromatic carbocycles. The molecule has 0 spiro atoms. The molecule has 1 rings (SSSR count). The van der Waals surface area contributed by atoms with Crippen molar-refractivity contribution in [3.05, 3.63) is 17.1 Å². The molecular weight excluding hydrogens is 265 g/mol. The third kappa shape index (κ3) is 4.70. The normalized spacial score (nSPS) is 11.6. The predicted molar refractivity (Wildman–Crippen MR) is 60.3 cm³/mol. The van der Waals surface area contributed by atoms with E-state index in [4.69, 9.17) is 11.5 Å². The molecule has 1 heterocycles. The fourth-order valence-corrected chi connectivity index (χ4v) is 1.42. The highest BCUT2D eigenvalue weighted by Gasteiger charge is 2.27. The minimum absolute atomic E-state index is 0.0139. The van der Waals surface area contributed by atoms with Crippen molar-refractivity contribution in [3.8, 4) is 0 Å². The van der Waals surface area contributed by atoms with E-state index in [9.17, 15) is 18.0 Å². The maximum Gasteiger partial charge on any atom is 0.411 e. The zero-order valence-corrected chi connectivity index (χ0v) is 10.1. The number of nitrogens with two attached hydrogens (primary N) is 2. The fourth-order valence-electron chi connectivity index (χ4n) is 1.42. The number of aromatic nitrogens is 2. The molecule has 4 N–H and O–H groups in total. The second-order valence-corrected chi connectivity index (χ2v) is 3.77. The van der Waals surface area contributed by atoms with Crippen molar-refractivity contribution in [3.63, 3.8) is 0 Å². The number of anilines is 1. The van der Waals surface area contributed by atoms with Gasteiger partial charge in [-0.2, -0.15) is 13.2 Å². The Labute approximate surface area is 107 Å². The second-order valence-electron chi connectivity index (χ2n) is 3.77. The maximum atomic E-state index is 11.8. The van der Waals surface area contributed by atoms with Crippen LogP contribution in [0.5, 0.6) is 0 Å². The SMILES string of the molecule is Cc1nc(CCOCC(F)(F)F)nc(N)c1C(N)=O. The first-order valence-corrected chi connectivity index (χ1v) is 5.28. The van der Waals surface area contributed by atoms with Crippen LogP contribution in [0.25, 0.3) is 0 Å². The number of nitrogens with zero attached hydrogens (tertiary/aromatic N) is 2. The number of hydrogen-bond acceptors (Lipinski definition) is 5. The summed E-state index contributed by atoms with van der Waals surface area (Å²) in [6, 6.07) is 0. The van der Waals surface area contributed by atoms with Gasteiger partial charge in [0.1, 0.15) is 23.8 Å². The molecule has 19 heavy (non-hydrogen) atoms. The summed E-state index contributed by atoms with van der Waals surface area (Å²) in [6.45, 7) is -0.0205. The second kappa shape index (κ2) is 5.83. The predicted octanol–water partition coefficient (Wildman–Crippen LogP) is 0.588. The number of halogens is 3. The number of carbonyl (C=O) groups excluding carboxylic acids is 1. The number of nitrogen functional groups attached to an aromatic ring is 1. The Morgan fingerprint density at radius 2 is 2.00 bits per heavy atom. The van der Waals surface area contributed by atoms with E-state index in [0.717, 1.165) is 0 Å². The lowest BCUT2D eigenvalue weighted by atomic mass is 10.2. The summed E-state index contributed by atoms with van der Waals surface area (Å²) in [4.78, 5) is 18.8. The molecule has 0 atom stereocenters. The van der Waals surface area contributed by atoms with Crippen LogP contribution in [-0.4, -0.2) is 35.3 Å². The number of ether oxygens (including phenoxy) is 1. The molecule has 106 valence electrons. The van der Waals surface area contributed by atoms with Crippen molar-refractivity contribution in [2.75, 3.05) is 18.9 Å². The molecule has 0 aliphatic carbocycles. The highest BCUT2D eigenvalue weighted by Crippen LogP contribution is 2.15. The molecule has 1 amide bonds. The van der Waals surface area contributed by atoms with E-state index >= 15 is 0 Å². The molecule has 0 saturated carbocycles. The molecular formula is C10H13F3N4O2. The van der Waals surface area contributed by atoms with Gasteiger partial charge in [-0.1, -0.05) is 0 Å². The van der Waals surface area contributed by atoms with Gasteiger partial charge in [-0.3, -0.25) is 4.79 Å². The largest absolute Gasteiger partial charge is 0.411 e. The number of primary amides is 1.